The first-order chi connectivity index (χ1) is 14.9. The summed E-state index contributed by atoms with van der Waals surface area (Å²) in [5.74, 6) is 0.985. The van der Waals surface area contributed by atoms with Crippen molar-refractivity contribution >= 4 is 38.3 Å². The lowest BCUT2D eigenvalue weighted by atomic mass is 10.1. The highest BCUT2D eigenvalue weighted by molar-refractivity contribution is 9.10. The van der Waals surface area contributed by atoms with E-state index in [0.717, 1.165) is 15.9 Å². The number of carbonyl (C=O) groups is 1. The van der Waals surface area contributed by atoms with Crippen molar-refractivity contribution in [1.82, 2.24) is 4.90 Å². The molecule has 2 heterocycles. The van der Waals surface area contributed by atoms with E-state index in [-0.39, 0.29) is 17.7 Å². The summed E-state index contributed by atoms with van der Waals surface area (Å²) in [6.07, 6.45) is 0. The summed E-state index contributed by atoms with van der Waals surface area (Å²) in [6.45, 7) is 6.27. The van der Waals surface area contributed by atoms with E-state index >= 15 is 0 Å². The van der Waals surface area contributed by atoms with E-state index in [1.807, 2.05) is 29.2 Å². The molecular weight excluding hydrogens is 476 g/mol. The predicted molar refractivity (Wildman–Crippen MR) is 127 cm³/mol. The Hall–Kier alpha value is -2.38. The number of aryl methyl sites for hydroxylation is 1. The smallest absolute Gasteiger partial charge is 0.289 e. The predicted octanol–water partition coefficient (Wildman–Crippen LogP) is 5.01. The molecule has 2 aromatic carbocycles. The Bertz CT molecular complexity index is 1100. The number of furan rings is 1. The fraction of sp³-hybridized carbons (Fsp3) is 0.292. The van der Waals surface area contributed by atoms with Crippen LogP contribution in [0.2, 0.25) is 0 Å². The number of benzene rings is 2. The van der Waals surface area contributed by atoms with Crippen molar-refractivity contribution in [3.8, 4) is 0 Å². The van der Waals surface area contributed by atoms with Crippen molar-refractivity contribution in [2.75, 3.05) is 24.5 Å². The summed E-state index contributed by atoms with van der Waals surface area (Å²) in [5.41, 5.74) is 2.42. The van der Waals surface area contributed by atoms with Gasteiger partial charge in [0.25, 0.3) is 5.91 Å². The second kappa shape index (κ2) is 9.40. The van der Waals surface area contributed by atoms with Gasteiger partial charge >= 0.3 is 0 Å². The number of anilines is 1. The van der Waals surface area contributed by atoms with Crippen LogP contribution in [0.4, 0.5) is 5.69 Å². The van der Waals surface area contributed by atoms with E-state index < -0.39 is 10.8 Å². The van der Waals surface area contributed by atoms with Crippen molar-refractivity contribution in [3.05, 3.63) is 82.2 Å². The molecule has 1 aliphatic rings. The Morgan fingerprint density at radius 1 is 1.13 bits per heavy atom. The fourth-order valence-electron chi connectivity index (χ4n) is 3.86. The summed E-state index contributed by atoms with van der Waals surface area (Å²) in [5, 5.41) is 0. The number of halogens is 1. The topological polar surface area (TPSA) is 53.8 Å². The van der Waals surface area contributed by atoms with Gasteiger partial charge in [0.05, 0.1) is 16.6 Å². The SMILES string of the molecule is Cc1cccc(N2CCN(C(=O)c3ccc(CS(=O)c4ccc(Br)cc4)o3)CC2C)c1. The normalized spacial score (nSPS) is 17.6. The maximum atomic E-state index is 13.0. The van der Waals surface area contributed by atoms with E-state index in [4.69, 9.17) is 4.42 Å². The van der Waals surface area contributed by atoms with Crippen LogP contribution in [0.25, 0.3) is 0 Å². The minimum Gasteiger partial charge on any atom is -0.455 e. The Kier molecular flexibility index (Phi) is 6.62. The molecule has 5 nitrogen and oxygen atoms in total. The van der Waals surface area contributed by atoms with Crippen LogP contribution in [0, 0.1) is 6.92 Å². The third kappa shape index (κ3) is 5.10. The number of nitrogens with zero attached hydrogens (tertiary/aromatic N) is 2. The van der Waals surface area contributed by atoms with E-state index in [9.17, 15) is 9.00 Å². The average Bonchev–Trinajstić information content (AvgIpc) is 3.22. The van der Waals surface area contributed by atoms with Gasteiger partial charge in [-0.05, 0) is 67.9 Å². The van der Waals surface area contributed by atoms with Gasteiger partial charge in [0, 0.05) is 40.7 Å². The highest BCUT2D eigenvalue weighted by Gasteiger charge is 2.29. The molecule has 2 unspecified atom stereocenters. The first kappa shape index (κ1) is 21.8. The Morgan fingerprint density at radius 2 is 1.90 bits per heavy atom. The zero-order valence-corrected chi connectivity index (χ0v) is 20.0. The molecule has 0 bridgehead atoms. The van der Waals surface area contributed by atoms with Crippen LogP contribution in [0.1, 0.15) is 28.8 Å². The number of piperazine rings is 1. The molecule has 31 heavy (non-hydrogen) atoms. The van der Waals surface area contributed by atoms with Gasteiger partial charge < -0.3 is 14.2 Å². The van der Waals surface area contributed by atoms with E-state index in [0.29, 0.717) is 24.6 Å². The first-order valence-corrected chi connectivity index (χ1v) is 12.4. The molecule has 1 amide bonds. The highest BCUT2D eigenvalue weighted by atomic mass is 79.9. The maximum absolute atomic E-state index is 13.0. The third-order valence-electron chi connectivity index (χ3n) is 5.47. The second-order valence-corrected chi connectivity index (χ2v) is 10.2. The van der Waals surface area contributed by atoms with Crippen molar-refractivity contribution < 1.29 is 13.4 Å². The lowest BCUT2D eigenvalue weighted by molar-refractivity contribution is 0.0692. The van der Waals surface area contributed by atoms with Crippen LogP contribution in [0.15, 0.2) is 74.4 Å². The van der Waals surface area contributed by atoms with Crippen molar-refractivity contribution in [3.63, 3.8) is 0 Å². The molecule has 0 radical (unpaired) electrons. The molecule has 162 valence electrons. The Morgan fingerprint density at radius 3 is 2.61 bits per heavy atom. The molecule has 4 rings (SSSR count). The van der Waals surface area contributed by atoms with Crippen LogP contribution in [0.3, 0.4) is 0 Å². The molecule has 0 N–H and O–H groups in total. The van der Waals surface area contributed by atoms with Gasteiger partial charge in [-0.25, -0.2) is 0 Å². The van der Waals surface area contributed by atoms with Crippen LogP contribution >= 0.6 is 15.9 Å². The maximum Gasteiger partial charge on any atom is 0.289 e. The molecule has 0 aliphatic carbocycles. The lowest BCUT2D eigenvalue weighted by Gasteiger charge is -2.41. The average molecular weight is 501 g/mol. The summed E-state index contributed by atoms with van der Waals surface area (Å²) >= 11 is 3.38. The molecule has 0 spiro atoms. The van der Waals surface area contributed by atoms with Gasteiger partial charge in [-0.15, -0.1) is 0 Å². The fourth-order valence-corrected chi connectivity index (χ4v) is 5.14. The van der Waals surface area contributed by atoms with Crippen molar-refractivity contribution in [1.29, 1.82) is 0 Å². The van der Waals surface area contributed by atoms with Crippen molar-refractivity contribution in [2.24, 2.45) is 0 Å². The molecule has 2 atom stereocenters. The van der Waals surface area contributed by atoms with E-state index in [1.165, 1.54) is 11.3 Å². The summed E-state index contributed by atoms with van der Waals surface area (Å²) < 4.78 is 19.3. The van der Waals surface area contributed by atoms with Gasteiger partial charge in [0.15, 0.2) is 5.76 Å². The second-order valence-electron chi connectivity index (χ2n) is 7.84. The number of carbonyl (C=O) groups excluding carboxylic acids is 1. The van der Waals surface area contributed by atoms with E-state index in [1.54, 1.807) is 12.1 Å². The molecule has 0 saturated carbocycles. The van der Waals surface area contributed by atoms with Crippen LogP contribution < -0.4 is 4.90 Å². The summed E-state index contributed by atoms with van der Waals surface area (Å²) in [6, 6.07) is 19.5. The van der Waals surface area contributed by atoms with Gasteiger partial charge in [0.2, 0.25) is 0 Å². The summed E-state index contributed by atoms with van der Waals surface area (Å²) in [4.78, 5) is 17.9. The largest absolute Gasteiger partial charge is 0.455 e. The van der Waals surface area contributed by atoms with E-state index in [2.05, 4.69) is 58.9 Å². The van der Waals surface area contributed by atoms with Crippen molar-refractivity contribution in [2.45, 2.75) is 30.5 Å². The zero-order valence-electron chi connectivity index (χ0n) is 17.6. The molecule has 7 heteroatoms. The molecule has 3 aromatic rings. The third-order valence-corrected chi connectivity index (χ3v) is 7.34. The van der Waals surface area contributed by atoms with Gasteiger partial charge in [0.1, 0.15) is 5.76 Å². The highest BCUT2D eigenvalue weighted by Crippen LogP contribution is 2.23. The Balaban J connectivity index is 1.39. The van der Waals surface area contributed by atoms with Gasteiger partial charge in [-0.1, -0.05) is 28.1 Å². The quantitative estimate of drug-likeness (QED) is 0.494. The number of amides is 1. The molecule has 1 fully saturated rings. The summed E-state index contributed by atoms with van der Waals surface area (Å²) in [7, 11) is -1.23. The van der Waals surface area contributed by atoms with Crippen LogP contribution in [0.5, 0.6) is 0 Å². The van der Waals surface area contributed by atoms with Gasteiger partial charge in [-0.2, -0.15) is 0 Å². The molecular formula is C24H25BrN2O3S. The molecule has 1 aliphatic heterocycles. The Labute approximate surface area is 193 Å². The minimum absolute atomic E-state index is 0.114. The van der Waals surface area contributed by atoms with Gasteiger partial charge in [-0.3, -0.25) is 9.00 Å². The lowest BCUT2D eigenvalue weighted by Crippen LogP contribution is -2.53. The number of hydrogen-bond donors (Lipinski definition) is 0. The monoisotopic (exact) mass is 500 g/mol. The number of hydrogen-bond acceptors (Lipinski definition) is 4. The molecule has 1 aromatic heterocycles. The molecule has 1 saturated heterocycles. The number of rotatable bonds is 5. The minimum atomic E-state index is -1.23. The standard InChI is InChI=1S/C24H25BrN2O3S/c1-17-4-3-5-20(14-17)27-13-12-26(15-18(27)2)24(28)23-11-8-21(30-23)16-31(29)22-9-6-19(25)7-10-22/h3-11,14,18H,12-13,15-16H2,1-2H3. The first-order valence-electron chi connectivity index (χ1n) is 10.3. The zero-order chi connectivity index (χ0) is 22.0. The van der Waals surface area contributed by atoms with Crippen LogP contribution in [-0.2, 0) is 16.6 Å². The van der Waals surface area contributed by atoms with Crippen LogP contribution in [-0.4, -0.2) is 40.7 Å².